The SMILES string of the molecule is CC(=O)NCCCNC(=O)COc1ccc(-c2ccccc2)cc1. The maximum atomic E-state index is 11.7. The lowest BCUT2D eigenvalue weighted by Gasteiger charge is -2.08. The van der Waals surface area contributed by atoms with Crippen molar-refractivity contribution in [2.45, 2.75) is 13.3 Å². The van der Waals surface area contributed by atoms with Gasteiger partial charge in [0.05, 0.1) is 0 Å². The third-order valence-corrected chi connectivity index (χ3v) is 3.38. The van der Waals surface area contributed by atoms with E-state index >= 15 is 0 Å². The zero-order chi connectivity index (χ0) is 17.2. The summed E-state index contributed by atoms with van der Waals surface area (Å²) in [6, 6.07) is 17.7. The average Bonchev–Trinajstić information content (AvgIpc) is 2.60. The highest BCUT2D eigenvalue weighted by atomic mass is 16.5. The molecule has 24 heavy (non-hydrogen) atoms. The molecule has 2 aromatic rings. The van der Waals surface area contributed by atoms with Crippen LogP contribution in [0.15, 0.2) is 54.6 Å². The number of carbonyl (C=O) groups is 2. The molecule has 0 aromatic heterocycles. The normalized spacial score (nSPS) is 10.0. The van der Waals surface area contributed by atoms with Gasteiger partial charge in [-0.25, -0.2) is 0 Å². The van der Waals surface area contributed by atoms with Crippen LogP contribution in [0.25, 0.3) is 11.1 Å². The van der Waals surface area contributed by atoms with Crippen LogP contribution >= 0.6 is 0 Å². The summed E-state index contributed by atoms with van der Waals surface area (Å²) in [5, 5.41) is 5.42. The minimum absolute atomic E-state index is 0.0230. The fourth-order valence-corrected chi connectivity index (χ4v) is 2.15. The van der Waals surface area contributed by atoms with Gasteiger partial charge in [0.15, 0.2) is 6.61 Å². The van der Waals surface area contributed by atoms with Gasteiger partial charge in [0.1, 0.15) is 5.75 Å². The molecular weight excluding hydrogens is 304 g/mol. The Balaban J connectivity index is 1.70. The van der Waals surface area contributed by atoms with Gasteiger partial charge in [-0.2, -0.15) is 0 Å². The lowest BCUT2D eigenvalue weighted by Crippen LogP contribution is -2.32. The molecule has 0 atom stereocenters. The Morgan fingerprint density at radius 3 is 2.17 bits per heavy atom. The predicted octanol–water partition coefficient (Wildman–Crippen LogP) is 2.37. The highest BCUT2D eigenvalue weighted by Gasteiger charge is 2.03. The van der Waals surface area contributed by atoms with Crippen LogP contribution in [0.4, 0.5) is 0 Å². The number of amides is 2. The first kappa shape index (κ1) is 17.5. The highest BCUT2D eigenvalue weighted by Crippen LogP contribution is 2.21. The van der Waals surface area contributed by atoms with Gasteiger partial charge >= 0.3 is 0 Å². The molecule has 0 aliphatic carbocycles. The van der Waals surface area contributed by atoms with Crippen LogP contribution in [0.5, 0.6) is 5.75 Å². The van der Waals surface area contributed by atoms with Crippen LogP contribution in [0.2, 0.25) is 0 Å². The fraction of sp³-hybridized carbons (Fsp3) is 0.263. The van der Waals surface area contributed by atoms with Crippen LogP contribution in [0, 0.1) is 0 Å². The molecule has 0 radical (unpaired) electrons. The van der Waals surface area contributed by atoms with Gasteiger partial charge in [-0.05, 0) is 29.7 Å². The quantitative estimate of drug-likeness (QED) is 0.732. The molecule has 0 unspecified atom stereocenters. The van der Waals surface area contributed by atoms with Gasteiger partial charge < -0.3 is 15.4 Å². The van der Waals surface area contributed by atoms with Gasteiger partial charge in [0.2, 0.25) is 5.91 Å². The van der Waals surface area contributed by atoms with Crippen LogP contribution in [-0.4, -0.2) is 31.5 Å². The second kappa shape index (κ2) is 9.35. The predicted molar refractivity (Wildman–Crippen MR) is 93.7 cm³/mol. The van der Waals surface area contributed by atoms with Crippen LogP contribution in [-0.2, 0) is 9.59 Å². The first-order valence-corrected chi connectivity index (χ1v) is 7.94. The minimum Gasteiger partial charge on any atom is -0.484 e. The van der Waals surface area contributed by atoms with Crippen molar-refractivity contribution in [3.63, 3.8) is 0 Å². The molecule has 2 rings (SSSR count). The lowest BCUT2D eigenvalue weighted by atomic mass is 10.1. The first-order chi connectivity index (χ1) is 11.6. The molecular formula is C19H22N2O3. The molecule has 0 saturated heterocycles. The maximum Gasteiger partial charge on any atom is 0.257 e. The van der Waals surface area contributed by atoms with E-state index in [1.165, 1.54) is 6.92 Å². The van der Waals surface area contributed by atoms with Crippen LogP contribution in [0.3, 0.4) is 0 Å². The van der Waals surface area contributed by atoms with Crippen LogP contribution < -0.4 is 15.4 Å². The smallest absolute Gasteiger partial charge is 0.257 e. The van der Waals surface area contributed by atoms with Crippen molar-refractivity contribution in [3.05, 3.63) is 54.6 Å². The molecule has 0 bridgehead atoms. The summed E-state index contributed by atoms with van der Waals surface area (Å²) in [7, 11) is 0. The van der Waals surface area contributed by atoms with Crippen molar-refractivity contribution in [1.29, 1.82) is 0 Å². The van der Waals surface area contributed by atoms with E-state index in [2.05, 4.69) is 10.6 Å². The number of benzene rings is 2. The molecule has 0 fully saturated rings. The first-order valence-electron chi connectivity index (χ1n) is 7.94. The van der Waals surface area contributed by atoms with Crippen molar-refractivity contribution in [1.82, 2.24) is 10.6 Å². The van der Waals surface area contributed by atoms with Crippen molar-refractivity contribution in [2.24, 2.45) is 0 Å². The molecule has 0 spiro atoms. The number of hydrogen-bond acceptors (Lipinski definition) is 3. The Morgan fingerprint density at radius 2 is 1.50 bits per heavy atom. The minimum atomic E-state index is -0.176. The third kappa shape index (κ3) is 6.12. The van der Waals surface area contributed by atoms with Gasteiger partial charge in [-0.3, -0.25) is 9.59 Å². The number of carbonyl (C=O) groups excluding carboxylic acids is 2. The van der Waals surface area contributed by atoms with Crippen molar-refractivity contribution < 1.29 is 14.3 Å². The summed E-state index contributed by atoms with van der Waals surface area (Å²) in [6.07, 6.45) is 0.692. The fourth-order valence-electron chi connectivity index (χ4n) is 2.15. The van der Waals surface area contributed by atoms with Crippen molar-refractivity contribution >= 4 is 11.8 Å². The summed E-state index contributed by atoms with van der Waals surface area (Å²) in [5.41, 5.74) is 2.24. The van der Waals surface area contributed by atoms with E-state index in [4.69, 9.17) is 4.74 Å². The topological polar surface area (TPSA) is 67.4 Å². The van der Waals surface area contributed by atoms with E-state index in [0.29, 0.717) is 25.3 Å². The summed E-state index contributed by atoms with van der Waals surface area (Å²) < 4.78 is 5.47. The largest absolute Gasteiger partial charge is 0.484 e. The Kier molecular flexibility index (Phi) is 6.83. The van der Waals surface area contributed by atoms with Crippen LogP contribution in [0.1, 0.15) is 13.3 Å². The molecule has 0 heterocycles. The van der Waals surface area contributed by atoms with Gasteiger partial charge in [0, 0.05) is 20.0 Å². The van der Waals surface area contributed by atoms with E-state index < -0.39 is 0 Å². The number of ether oxygens (including phenoxy) is 1. The summed E-state index contributed by atoms with van der Waals surface area (Å²) >= 11 is 0. The zero-order valence-electron chi connectivity index (χ0n) is 13.7. The van der Waals surface area contributed by atoms with Gasteiger partial charge in [0.25, 0.3) is 5.91 Å². The average molecular weight is 326 g/mol. The molecule has 2 aromatic carbocycles. The molecule has 0 aliphatic heterocycles. The lowest BCUT2D eigenvalue weighted by molar-refractivity contribution is -0.123. The maximum absolute atomic E-state index is 11.7. The Bertz CT molecular complexity index is 654. The summed E-state index contributed by atoms with van der Waals surface area (Å²) in [6.45, 7) is 2.51. The Hall–Kier alpha value is -2.82. The van der Waals surface area contributed by atoms with Crippen molar-refractivity contribution in [3.8, 4) is 16.9 Å². The number of hydrogen-bond donors (Lipinski definition) is 2. The number of nitrogens with one attached hydrogen (secondary N) is 2. The van der Waals surface area contributed by atoms with E-state index in [1.54, 1.807) is 0 Å². The molecule has 126 valence electrons. The van der Waals surface area contributed by atoms with E-state index in [1.807, 2.05) is 54.6 Å². The molecule has 0 aliphatic rings. The molecule has 5 nitrogen and oxygen atoms in total. The monoisotopic (exact) mass is 326 g/mol. The molecule has 0 saturated carbocycles. The van der Waals surface area contributed by atoms with E-state index in [-0.39, 0.29) is 18.4 Å². The zero-order valence-corrected chi connectivity index (χ0v) is 13.7. The molecule has 2 amide bonds. The summed E-state index contributed by atoms with van der Waals surface area (Å²) in [4.78, 5) is 22.4. The van der Waals surface area contributed by atoms with E-state index in [0.717, 1.165) is 11.1 Å². The summed E-state index contributed by atoms with van der Waals surface area (Å²) in [5.74, 6) is 0.414. The molecule has 2 N–H and O–H groups in total. The van der Waals surface area contributed by atoms with Gasteiger partial charge in [-0.15, -0.1) is 0 Å². The number of rotatable bonds is 8. The Labute approximate surface area is 142 Å². The van der Waals surface area contributed by atoms with Crippen molar-refractivity contribution in [2.75, 3.05) is 19.7 Å². The standard InChI is InChI=1S/C19H22N2O3/c1-15(22)20-12-5-13-21-19(23)14-24-18-10-8-17(9-11-18)16-6-3-2-4-7-16/h2-4,6-11H,5,12-14H2,1H3,(H,20,22)(H,21,23). The third-order valence-electron chi connectivity index (χ3n) is 3.38. The van der Waals surface area contributed by atoms with Gasteiger partial charge in [-0.1, -0.05) is 42.5 Å². The molecule has 5 heteroatoms. The second-order valence-electron chi connectivity index (χ2n) is 5.37. The highest BCUT2D eigenvalue weighted by molar-refractivity contribution is 5.77. The van der Waals surface area contributed by atoms with E-state index in [9.17, 15) is 9.59 Å². The second-order valence-corrected chi connectivity index (χ2v) is 5.37. The Morgan fingerprint density at radius 1 is 0.875 bits per heavy atom.